The number of carbonyl (C=O) groups excluding carboxylic acids is 1. The van der Waals surface area contributed by atoms with Gasteiger partial charge in [0.25, 0.3) is 0 Å². The Morgan fingerprint density at radius 2 is 1.96 bits per heavy atom. The Labute approximate surface area is 146 Å². The van der Waals surface area contributed by atoms with E-state index in [1.165, 1.54) is 12.1 Å². The molecule has 1 aromatic carbocycles. The molecule has 0 aliphatic carbocycles. The van der Waals surface area contributed by atoms with E-state index in [1.54, 1.807) is 6.92 Å². The third-order valence-electron chi connectivity index (χ3n) is 3.97. The van der Waals surface area contributed by atoms with Gasteiger partial charge in [-0.1, -0.05) is 19.4 Å². The lowest BCUT2D eigenvalue weighted by Gasteiger charge is -2.22. The first-order chi connectivity index (χ1) is 12.0. The zero-order valence-electron chi connectivity index (χ0n) is 14.6. The molecule has 138 valence electrons. The Kier molecular flexibility index (Phi) is 7.37. The number of rotatable bonds is 8. The van der Waals surface area contributed by atoms with Gasteiger partial charge >= 0.3 is 5.97 Å². The van der Waals surface area contributed by atoms with E-state index in [4.69, 9.17) is 14.2 Å². The molecule has 0 fully saturated rings. The number of hydrogen-bond acceptors (Lipinski definition) is 4. The quantitative estimate of drug-likeness (QED) is 0.390. The van der Waals surface area contributed by atoms with Crippen LogP contribution in [-0.4, -0.2) is 25.3 Å². The monoisotopic (exact) mass is 354 g/mol. The lowest BCUT2D eigenvalue weighted by atomic mass is 10.0. The largest absolute Gasteiger partial charge is 0.491 e. The highest BCUT2D eigenvalue weighted by Crippen LogP contribution is 2.28. The van der Waals surface area contributed by atoms with Crippen LogP contribution in [-0.2, 0) is 9.53 Å². The van der Waals surface area contributed by atoms with Gasteiger partial charge in [0.2, 0.25) is 11.6 Å². The third-order valence-corrected chi connectivity index (χ3v) is 3.97. The van der Waals surface area contributed by atoms with Crippen LogP contribution in [0.2, 0.25) is 0 Å². The minimum Gasteiger partial charge on any atom is -0.491 e. The lowest BCUT2D eigenvalue weighted by molar-refractivity contribution is -0.134. The minimum atomic E-state index is -1.22. The number of carbonyl (C=O) groups is 1. The number of halogens is 2. The first kappa shape index (κ1) is 19.4. The van der Waals surface area contributed by atoms with Crippen molar-refractivity contribution >= 4 is 5.97 Å². The van der Waals surface area contributed by atoms with Crippen LogP contribution < -0.4 is 9.47 Å². The number of ether oxygens (including phenoxy) is 3. The van der Waals surface area contributed by atoms with Gasteiger partial charge < -0.3 is 14.2 Å². The van der Waals surface area contributed by atoms with Crippen molar-refractivity contribution in [3.05, 3.63) is 35.4 Å². The summed E-state index contributed by atoms with van der Waals surface area (Å²) in [7, 11) is 0. The van der Waals surface area contributed by atoms with E-state index in [-0.39, 0.29) is 24.9 Å². The van der Waals surface area contributed by atoms with Gasteiger partial charge in [-0.25, -0.2) is 0 Å². The predicted molar refractivity (Wildman–Crippen MR) is 89.7 cm³/mol. The standard InChI is InChI=1S/C19H24F2O4/c1-3-5-14-8-6-13(12-24-14)7-11-17(22)25-16-10-9-15(23-4-2)18(20)19(16)21/h6,9-10,14H,3-5,7-8,11-12H2,1-2H3. The van der Waals surface area contributed by atoms with Gasteiger partial charge in [-0.15, -0.1) is 0 Å². The maximum atomic E-state index is 13.9. The first-order valence-corrected chi connectivity index (χ1v) is 8.66. The Morgan fingerprint density at radius 1 is 1.24 bits per heavy atom. The van der Waals surface area contributed by atoms with E-state index >= 15 is 0 Å². The Balaban J connectivity index is 1.86. The summed E-state index contributed by atoms with van der Waals surface area (Å²) in [6.07, 6.45) is 5.85. The van der Waals surface area contributed by atoms with Crippen LogP contribution in [0.5, 0.6) is 11.5 Å². The van der Waals surface area contributed by atoms with Gasteiger partial charge in [-0.2, -0.15) is 8.78 Å². The van der Waals surface area contributed by atoms with Crippen LogP contribution in [0.3, 0.4) is 0 Å². The minimum absolute atomic E-state index is 0.0852. The molecule has 1 aliphatic heterocycles. The third kappa shape index (κ3) is 5.53. The molecule has 1 aliphatic rings. The van der Waals surface area contributed by atoms with Crippen LogP contribution in [0.4, 0.5) is 8.78 Å². The fourth-order valence-electron chi connectivity index (χ4n) is 2.64. The molecule has 4 nitrogen and oxygen atoms in total. The molecule has 0 amide bonds. The molecule has 0 bridgehead atoms. The molecule has 0 saturated carbocycles. The van der Waals surface area contributed by atoms with Gasteiger partial charge in [0.1, 0.15) is 0 Å². The zero-order chi connectivity index (χ0) is 18.2. The van der Waals surface area contributed by atoms with Crippen LogP contribution in [0, 0.1) is 11.6 Å². The second-order valence-corrected chi connectivity index (χ2v) is 5.92. The summed E-state index contributed by atoms with van der Waals surface area (Å²) in [6, 6.07) is 2.44. The number of esters is 1. The summed E-state index contributed by atoms with van der Waals surface area (Å²) in [5.41, 5.74) is 1.03. The Morgan fingerprint density at radius 3 is 2.60 bits per heavy atom. The summed E-state index contributed by atoms with van der Waals surface area (Å²) < 4.78 is 43.2. The summed E-state index contributed by atoms with van der Waals surface area (Å²) in [5.74, 6) is -3.62. The van der Waals surface area contributed by atoms with Crippen molar-refractivity contribution in [3.8, 4) is 11.5 Å². The summed E-state index contributed by atoms with van der Waals surface area (Å²) in [4.78, 5) is 11.9. The highest BCUT2D eigenvalue weighted by atomic mass is 19.2. The Bertz CT molecular complexity index is 628. The van der Waals surface area contributed by atoms with E-state index < -0.39 is 23.4 Å². The molecular formula is C19H24F2O4. The highest BCUT2D eigenvalue weighted by Gasteiger charge is 2.19. The van der Waals surface area contributed by atoms with E-state index in [0.717, 1.165) is 24.8 Å². The first-order valence-electron chi connectivity index (χ1n) is 8.66. The summed E-state index contributed by atoms with van der Waals surface area (Å²) in [5, 5.41) is 0. The molecule has 25 heavy (non-hydrogen) atoms. The predicted octanol–water partition coefficient (Wildman–Crippen LogP) is 4.56. The van der Waals surface area contributed by atoms with E-state index in [1.807, 2.05) is 0 Å². The van der Waals surface area contributed by atoms with Crippen LogP contribution in [0.1, 0.15) is 46.0 Å². The molecule has 0 N–H and O–H groups in total. The normalized spacial score (nSPS) is 17.1. The van der Waals surface area contributed by atoms with E-state index in [9.17, 15) is 13.6 Å². The van der Waals surface area contributed by atoms with Crippen LogP contribution in [0.15, 0.2) is 23.8 Å². The second-order valence-electron chi connectivity index (χ2n) is 5.92. The molecular weight excluding hydrogens is 330 g/mol. The smallest absolute Gasteiger partial charge is 0.311 e. The summed E-state index contributed by atoms with van der Waals surface area (Å²) >= 11 is 0. The molecule has 0 spiro atoms. The highest BCUT2D eigenvalue weighted by molar-refractivity contribution is 5.72. The van der Waals surface area contributed by atoms with Crippen molar-refractivity contribution in [3.63, 3.8) is 0 Å². The topological polar surface area (TPSA) is 44.8 Å². The maximum Gasteiger partial charge on any atom is 0.311 e. The van der Waals surface area contributed by atoms with Crippen molar-refractivity contribution in [1.29, 1.82) is 0 Å². The molecule has 1 unspecified atom stereocenters. The molecule has 6 heteroatoms. The van der Waals surface area contributed by atoms with Gasteiger partial charge in [0.05, 0.1) is 19.3 Å². The van der Waals surface area contributed by atoms with E-state index in [0.29, 0.717) is 13.0 Å². The van der Waals surface area contributed by atoms with Crippen molar-refractivity contribution < 1.29 is 27.8 Å². The average molecular weight is 354 g/mol. The van der Waals surface area contributed by atoms with Gasteiger partial charge in [-0.05, 0) is 43.9 Å². The van der Waals surface area contributed by atoms with Gasteiger partial charge in [0.15, 0.2) is 11.5 Å². The van der Waals surface area contributed by atoms with Crippen molar-refractivity contribution in [2.24, 2.45) is 0 Å². The lowest BCUT2D eigenvalue weighted by Crippen LogP contribution is -2.19. The van der Waals surface area contributed by atoms with Crippen molar-refractivity contribution in [2.45, 2.75) is 52.1 Å². The zero-order valence-corrected chi connectivity index (χ0v) is 14.6. The van der Waals surface area contributed by atoms with E-state index in [2.05, 4.69) is 13.0 Å². The second kappa shape index (κ2) is 9.51. The molecule has 0 aromatic heterocycles. The molecule has 1 heterocycles. The number of benzene rings is 1. The van der Waals surface area contributed by atoms with Crippen molar-refractivity contribution in [2.75, 3.05) is 13.2 Å². The SMILES string of the molecule is CCCC1CC=C(CCC(=O)Oc2ccc(OCC)c(F)c2F)CO1. The molecule has 1 aromatic rings. The van der Waals surface area contributed by atoms with Crippen LogP contribution >= 0.6 is 0 Å². The molecule has 0 radical (unpaired) electrons. The average Bonchev–Trinajstić information content (AvgIpc) is 2.61. The molecule has 1 atom stereocenters. The fourth-order valence-corrected chi connectivity index (χ4v) is 2.64. The number of hydrogen-bond donors (Lipinski definition) is 0. The molecule has 0 saturated heterocycles. The summed E-state index contributed by atoms with van der Waals surface area (Å²) in [6.45, 7) is 4.50. The Hall–Kier alpha value is -1.95. The maximum absolute atomic E-state index is 13.9. The van der Waals surface area contributed by atoms with Crippen molar-refractivity contribution in [1.82, 2.24) is 0 Å². The fraction of sp³-hybridized carbons (Fsp3) is 0.526. The van der Waals surface area contributed by atoms with Gasteiger partial charge in [-0.3, -0.25) is 4.79 Å². The van der Waals surface area contributed by atoms with Crippen LogP contribution in [0.25, 0.3) is 0 Å². The van der Waals surface area contributed by atoms with Gasteiger partial charge in [0, 0.05) is 6.42 Å². The molecule has 2 rings (SSSR count).